The summed E-state index contributed by atoms with van der Waals surface area (Å²) in [6.45, 7) is 8.99. The molecule has 0 aliphatic heterocycles. The van der Waals surface area contributed by atoms with Crippen LogP contribution in [-0.4, -0.2) is 21.2 Å². The summed E-state index contributed by atoms with van der Waals surface area (Å²) in [5.74, 6) is 2.07. The largest absolute Gasteiger partial charge is 0.488 e. The molecular formula is C34H36N4O5. The summed E-state index contributed by atoms with van der Waals surface area (Å²) < 4.78 is 23.7. The smallest absolute Gasteiger partial charge is 0.271 e. The van der Waals surface area contributed by atoms with E-state index in [-0.39, 0.29) is 23.4 Å². The summed E-state index contributed by atoms with van der Waals surface area (Å²) in [6, 6.07) is 24.2. The molecular weight excluding hydrogens is 544 g/mol. The van der Waals surface area contributed by atoms with E-state index in [0.717, 1.165) is 28.0 Å². The third-order valence-electron chi connectivity index (χ3n) is 7.07. The highest BCUT2D eigenvalue weighted by atomic mass is 16.5. The Hall–Kier alpha value is -4.92. The summed E-state index contributed by atoms with van der Waals surface area (Å²) in [5, 5.41) is 8.03. The fourth-order valence-electron chi connectivity index (χ4n) is 4.71. The molecule has 222 valence electrons. The maximum absolute atomic E-state index is 12.2. The molecule has 2 N–H and O–H groups in total. The van der Waals surface area contributed by atoms with E-state index in [1.54, 1.807) is 0 Å². The highest BCUT2D eigenvalue weighted by Gasteiger charge is 2.27. The van der Waals surface area contributed by atoms with E-state index < -0.39 is 5.91 Å². The molecule has 0 aliphatic rings. The van der Waals surface area contributed by atoms with Crippen LogP contribution in [0.4, 0.5) is 0 Å². The number of amides is 1. The fraction of sp³-hybridized carbons (Fsp3) is 0.294. The van der Waals surface area contributed by atoms with Gasteiger partial charge in [-0.25, -0.2) is 0 Å². The van der Waals surface area contributed by atoms with Gasteiger partial charge in [0.25, 0.3) is 5.91 Å². The van der Waals surface area contributed by atoms with Gasteiger partial charge < -0.3 is 24.3 Å². The number of carbonyl (C=O) groups is 1. The van der Waals surface area contributed by atoms with Gasteiger partial charge in [0, 0.05) is 18.4 Å². The van der Waals surface area contributed by atoms with E-state index >= 15 is 0 Å². The number of hydrogen-bond donors (Lipinski definition) is 1. The van der Waals surface area contributed by atoms with Crippen LogP contribution in [0.25, 0.3) is 11.4 Å². The summed E-state index contributed by atoms with van der Waals surface area (Å²) in [6.07, 6.45) is 0.919. The van der Waals surface area contributed by atoms with Gasteiger partial charge >= 0.3 is 0 Å². The van der Waals surface area contributed by atoms with Gasteiger partial charge in [0.2, 0.25) is 11.7 Å². The van der Waals surface area contributed by atoms with E-state index in [9.17, 15) is 4.79 Å². The molecule has 9 heteroatoms. The maximum Gasteiger partial charge on any atom is 0.271 e. The number of nitrogens with two attached hydrogens (primary N) is 1. The molecule has 5 rings (SSSR count). The number of hydrogen-bond acceptors (Lipinski definition) is 8. The lowest BCUT2D eigenvalue weighted by Crippen LogP contribution is -2.13. The van der Waals surface area contributed by atoms with Crippen molar-refractivity contribution in [2.75, 3.05) is 0 Å². The Morgan fingerprint density at radius 2 is 1.42 bits per heavy atom. The first-order chi connectivity index (χ1) is 20.8. The van der Waals surface area contributed by atoms with Gasteiger partial charge in [-0.05, 0) is 40.7 Å². The van der Waals surface area contributed by atoms with Gasteiger partial charge in [0.1, 0.15) is 30.5 Å². The number of aryl methyl sites for hydroxylation is 2. The van der Waals surface area contributed by atoms with Crippen LogP contribution in [0, 0.1) is 0 Å². The molecule has 43 heavy (non-hydrogen) atoms. The predicted molar refractivity (Wildman–Crippen MR) is 162 cm³/mol. The van der Waals surface area contributed by atoms with E-state index in [1.807, 2.05) is 80.6 Å². The minimum atomic E-state index is -0.727. The van der Waals surface area contributed by atoms with Crippen molar-refractivity contribution in [3.8, 4) is 22.9 Å². The molecule has 0 atom stereocenters. The Morgan fingerprint density at radius 1 is 0.791 bits per heavy atom. The van der Waals surface area contributed by atoms with Crippen LogP contribution < -0.4 is 15.2 Å². The molecule has 3 aromatic carbocycles. The van der Waals surface area contributed by atoms with Gasteiger partial charge in [-0.1, -0.05) is 98.7 Å². The molecule has 9 nitrogen and oxygen atoms in total. The van der Waals surface area contributed by atoms with Gasteiger partial charge in [0.05, 0.1) is 5.56 Å². The van der Waals surface area contributed by atoms with Crippen LogP contribution in [0.1, 0.15) is 83.9 Å². The van der Waals surface area contributed by atoms with Gasteiger partial charge in [-0.15, -0.1) is 0 Å². The van der Waals surface area contributed by atoms with E-state index in [1.165, 1.54) is 0 Å². The van der Waals surface area contributed by atoms with Crippen molar-refractivity contribution in [2.45, 2.75) is 65.6 Å². The molecule has 5 aromatic rings. The number of aromatic nitrogens is 3. The van der Waals surface area contributed by atoms with E-state index in [4.69, 9.17) is 24.3 Å². The van der Waals surface area contributed by atoms with Crippen molar-refractivity contribution >= 4 is 5.91 Å². The first-order valence-corrected chi connectivity index (χ1v) is 14.4. The average molecular weight is 581 g/mol. The number of ether oxygens (including phenoxy) is 2. The molecule has 0 fully saturated rings. The lowest BCUT2D eigenvalue weighted by Gasteiger charge is -2.20. The van der Waals surface area contributed by atoms with Crippen molar-refractivity contribution < 1.29 is 23.3 Å². The van der Waals surface area contributed by atoms with Crippen LogP contribution in [-0.2, 0) is 26.1 Å². The number of nitrogens with zero attached hydrogens (tertiary/aromatic N) is 3. The number of rotatable bonds is 13. The highest BCUT2D eigenvalue weighted by molar-refractivity contribution is 5.97. The maximum atomic E-state index is 12.2. The standard InChI is InChI=1S/C34H36N4O5/c1-21(2)26-17-25(15-16-27-30(31(32(35)39)37-42-27)33-36-34(22(3)4)43-38-33)28(40-19-23-11-7-5-8-12-23)18-29(26)41-20-24-13-9-6-10-14-24/h5-14,17-18,21-22H,15-16,19-20H2,1-4H3,(H2,35,39). The second kappa shape index (κ2) is 13.4. The quantitative estimate of drug-likeness (QED) is 0.158. The van der Waals surface area contributed by atoms with Crippen LogP contribution >= 0.6 is 0 Å². The Balaban J connectivity index is 1.47. The van der Waals surface area contributed by atoms with Crippen molar-refractivity contribution in [2.24, 2.45) is 5.73 Å². The van der Waals surface area contributed by atoms with Crippen LogP contribution in [0.2, 0.25) is 0 Å². The molecule has 0 saturated carbocycles. The normalized spacial score (nSPS) is 11.3. The number of primary amides is 1. The zero-order valence-electron chi connectivity index (χ0n) is 24.9. The topological polar surface area (TPSA) is 127 Å². The number of carbonyl (C=O) groups excluding carboxylic acids is 1. The molecule has 0 bridgehead atoms. The first-order valence-electron chi connectivity index (χ1n) is 14.4. The van der Waals surface area contributed by atoms with Gasteiger partial charge in [-0.2, -0.15) is 4.98 Å². The fourth-order valence-corrected chi connectivity index (χ4v) is 4.71. The van der Waals surface area contributed by atoms with E-state index in [2.05, 4.69) is 35.2 Å². The molecule has 2 heterocycles. The molecule has 0 saturated heterocycles. The van der Waals surface area contributed by atoms with E-state index in [0.29, 0.717) is 49.0 Å². The SMILES string of the molecule is CC(C)c1nc(-c2c(C(N)=O)noc2CCc2cc(C(C)C)c(OCc3ccccc3)cc2OCc2ccccc2)no1. The Morgan fingerprint density at radius 3 is 1.98 bits per heavy atom. The molecule has 0 aliphatic carbocycles. The van der Waals surface area contributed by atoms with Crippen LogP contribution in [0.3, 0.4) is 0 Å². The Bertz CT molecular complexity index is 1660. The molecule has 0 unspecified atom stereocenters. The van der Waals surface area contributed by atoms with Crippen LogP contribution in [0.5, 0.6) is 11.5 Å². The number of benzene rings is 3. The first kappa shape index (κ1) is 29.6. The third-order valence-corrected chi connectivity index (χ3v) is 7.07. The molecule has 2 aromatic heterocycles. The molecule has 0 radical (unpaired) electrons. The van der Waals surface area contributed by atoms with Crippen molar-refractivity contribution in [1.29, 1.82) is 0 Å². The summed E-state index contributed by atoms with van der Waals surface area (Å²) >= 11 is 0. The third kappa shape index (κ3) is 7.12. The predicted octanol–water partition coefficient (Wildman–Crippen LogP) is 7.01. The highest BCUT2D eigenvalue weighted by Crippen LogP contribution is 2.36. The monoisotopic (exact) mass is 580 g/mol. The molecule has 1 amide bonds. The van der Waals surface area contributed by atoms with Crippen molar-refractivity contribution in [1.82, 2.24) is 15.3 Å². The second-order valence-corrected chi connectivity index (χ2v) is 11.0. The van der Waals surface area contributed by atoms with Crippen molar-refractivity contribution in [3.05, 3.63) is 112 Å². The lowest BCUT2D eigenvalue weighted by molar-refractivity contribution is 0.0992. The zero-order valence-corrected chi connectivity index (χ0v) is 24.9. The van der Waals surface area contributed by atoms with Gasteiger partial charge in [-0.3, -0.25) is 4.79 Å². The average Bonchev–Trinajstić information content (AvgIpc) is 3.67. The minimum Gasteiger partial charge on any atom is -0.488 e. The minimum absolute atomic E-state index is 0.0167. The lowest BCUT2D eigenvalue weighted by atomic mass is 9.96. The van der Waals surface area contributed by atoms with Gasteiger partial charge in [0.15, 0.2) is 5.69 Å². The summed E-state index contributed by atoms with van der Waals surface area (Å²) in [7, 11) is 0. The Kier molecular flexibility index (Phi) is 9.20. The molecule has 0 spiro atoms. The summed E-state index contributed by atoms with van der Waals surface area (Å²) in [5.41, 5.74) is 10.1. The zero-order chi connectivity index (χ0) is 30.3. The second-order valence-electron chi connectivity index (χ2n) is 11.0. The Labute approximate surface area is 251 Å². The van der Waals surface area contributed by atoms with Crippen molar-refractivity contribution in [3.63, 3.8) is 0 Å². The van der Waals surface area contributed by atoms with Crippen LogP contribution in [0.15, 0.2) is 81.8 Å². The summed E-state index contributed by atoms with van der Waals surface area (Å²) in [4.78, 5) is 16.7.